The van der Waals surface area contributed by atoms with Crippen LogP contribution in [0.1, 0.15) is 71.1 Å². The predicted octanol–water partition coefficient (Wildman–Crippen LogP) is 0.888. The highest BCUT2D eigenvalue weighted by atomic mass is 16.7. The molecule has 4 aliphatic rings. The summed E-state index contributed by atoms with van der Waals surface area (Å²) in [6.07, 6.45) is -3.23. The number of ketones is 1. The number of carbonyl (C=O) groups is 1. The average molecular weight is 677 g/mol. The molecule has 2 saturated carbocycles. The molecule has 1 aromatic carbocycles. The molecule has 3 fully saturated rings. The Morgan fingerprint density at radius 1 is 1.06 bits per heavy atom. The lowest BCUT2D eigenvalue weighted by atomic mass is 9.42. The molecule has 8 N–H and O–H groups in total. The largest absolute Gasteiger partial charge is 0.493 e. The monoisotopic (exact) mass is 676 g/mol. The van der Waals surface area contributed by atoms with E-state index in [0.29, 0.717) is 16.9 Å². The van der Waals surface area contributed by atoms with Gasteiger partial charge in [-0.2, -0.15) is 0 Å². The van der Waals surface area contributed by atoms with Crippen LogP contribution in [0.15, 0.2) is 24.3 Å². The van der Waals surface area contributed by atoms with Crippen molar-refractivity contribution in [3.05, 3.63) is 41.0 Å². The number of carbonyl (C=O) groups excluding carboxylic acids is 1. The maximum absolute atomic E-state index is 14.7. The maximum atomic E-state index is 14.7. The second-order valence-electron chi connectivity index (χ2n) is 15.7. The van der Waals surface area contributed by atoms with Crippen LogP contribution in [-0.2, 0) is 14.9 Å². The first-order chi connectivity index (χ1) is 22.1. The molecular weight excluding hydrogens is 624 g/mol. The van der Waals surface area contributed by atoms with Gasteiger partial charge in [-0.1, -0.05) is 38.2 Å². The van der Waals surface area contributed by atoms with Gasteiger partial charge < -0.3 is 55.1 Å². The van der Waals surface area contributed by atoms with Crippen LogP contribution >= 0.6 is 0 Å². The van der Waals surface area contributed by atoms with Crippen molar-refractivity contribution in [3.8, 4) is 11.5 Å². The quantitative estimate of drug-likeness (QED) is 0.181. The molecule has 13 atom stereocenters. The van der Waals surface area contributed by atoms with Gasteiger partial charge in [-0.05, 0) is 75.0 Å². The normalized spacial score (nSPS) is 41.4. The van der Waals surface area contributed by atoms with Gasteiger partial charge in [0.2, 0.25) is 6.29 Å². The zero-order valence-electron chi connectivity index (χ0n) is 28.9. The Morgan fingerprint density at radius 3 is 2.29 bits per heavy atom. The van der Waals surface area contributed by atoms with E-state index in [4.69, 9.17) is 14.2 Å². The third-order valence-electron chi connectivity index (χ3n) is 12.2. The Hall–Kier alpha value is -2.39. The third kappa shape index (κ3) is 5.35. The van der Waals surface area contributed by atoms with Gasteiger partial charge in [0.1, 0.15) is 36.3 Å². The molecule has 0 radical (unpaired) electrons. The molecule has 1 unspecified atom stereocenters. The van der Waals surface area contributed by atoms with Crippen LogP contribution in [0.4, 0.5) is 0 Å². The number of aliphatic hydroxyl groups is 8. The van der Waals surface area contributed by atoms with Crippen molar-refractivity contribution in [1.29, 1.82) is 0 Å². The van der Waals surface area contributed by atoms with Gasteiger partial charge in [0, 0.05) is 17.9 Å². The Morgan fingerprint density at radius 2 is 1.71 bits per heavy atom. The van der Waals surface area contributed by atoms with Gasteiger partial charge >= 0.3 is 0 Å². The summed E-state index contributed by atoms with van der Waals surface area (Å²) in [6.45, 7) is 11.5. The van der Waals surface area contributed by atoms with Gasteiger partial charge in [-0.25, -0.2) is 0 Å². The summed E-state index contributed by atoms with van der Waals surface area (Å²) >= 11 is 0. The number of fused-ring (bicyclic) bond motifs is 5. The van der Waals surface area contributed by atoms with Crippen molar-refractivity contribution in [1.82, 2.24) is 0 Å². The molecule has 48 heavy (non-hydrogen) atoms. The minimum atomic E-state index is -1.85. The average Bonchev–Trinajstić information content (AvgIpc) is 3.20. The maximum Gasteiger partial charge on any atom is 0.229 e. The summed E-state index contributed by atoms with van der Waals surface area (Å²) in [4.78, 5) is 14.7. The summed E-state index contributed by atoms with van der Waals surface area (Å²) < 4.78 is 17.4. The number of hydrogen-bond donors (Lipinski definition) is 8. The molecule has 5 rings (SSSR count). The molecule has 1 heterocycles. The minimum absolute atomic E-state index is 0.0163. The molecule has 3 aliphatic carbocycles. The molecule has 1 aliphatic heterocycles. The number of methoxy groups -OCH3 is 1. The lowest BCUT2D eigenvalue weighted by molar-refractivity contribution is -0.277. The van der Waals surface area contributed by atoms with E-state index in [0.717, 1.165) is 5.56 Å². The number of Topliss-reactive ketones (excluding diaryl/α,β-unsaturated/α-hetero) is 1. The van der Waals surface area contributed by atoms with Crippen molar-refractivity contribution >= 4 is 11.9 Å². The SMILES string of the molecule is COc1c(O[C@@H]2O[C@H](CO)[C@@H](O)[C@H](O)[C@H]2O)cc2c(c1C)C=C[C@@H]1[C@@]2(C)C(=O)C[C@]2(C)[C@@H]([C@@](C)(O)C(O)/C=C/C(C)(C)O)[C@H](O)C[C@@]12C. The second-order valence-corrected chi connectivity index (χ2v) is 15.7. The summed E-state index contributed by atoms with van der Waals surface area (Å²) in [5, 5.41) is 85.8. The Balaban J connectivity index is 1.58. The molecule has 0 aromatic heterocycles. The smallest absolute Gasteiger partial charge is 0.229 e. The van der Waals surface area contributed by atoms with E-state index in [1.807, 2.05) is 32.9 Å². The van der Waals surface area contributed by atoms with Gasteiger partial charge in [-0.15, -0.1) is 0 Å². The van der Waals surface area contributed by atoms with E-state index in [9.17, 15) is 45.6 Å². The number of rotatable bonds is 8. The van der Waals surface area contributed by atoms with E-state index in [-0.39, 0.29) is 24.4 Å². The van der Waals surface area contributed by atoms with E-state index in [1.165, 1.54) is 26.2 Å². The fourth-order valence-corrected chi connectivity index (χ4v) is 9.40. The lowest BCUT2D eigenvalue weighted by Crippen LogP contribution is -2.63. The molecule has 0 bridgehead atoms. The molecule has 1 saturated heterocycles. The van der Waals surface area contributed by atoms with Crippen molar-refractivity contribution in [2.75, 3.05) is 13.7 Å². The first kappa shape index (κ1) is 36.9. The molecule has 12 nitrogen and oxygen atoms in total. The topological polar surface area (TPSA) is 207 Å². The van der Waals surface area contributed by atoms with Gasteiger partial charge in [0.05, 0.1) is 36.4 Å². The molecule has 12 heteroatoms. The van der Waals surface area contributed by atoms with Crippen LogP contribution in [0.25, 0.3) is 6.08 Å². The first-order valence-corrected chi connectivity index (χ1v) is 16.5. The standard InChI is InChI=1S/C36H52O12/c1-17-18-9-10-23-33(4)14-20(38)30(36(7,45)24(39)11-12-32(2,3)44)34(33,5)15-25(40)35(23,6)19(18)13-21(29(17)46-8)47-31-28(43)27(42)26(41)22(16-37)48-31/h9-13,20,22-24,26-28,30-31,37-39,41-45H,14-16H2,1-8H3/b12-11+/t20-,22-,23+,24?,26-,27+,28-,30+,31-,33+,34-,35+,36+/m1/s1. The summed E-state index contributed by atoms with van der Waals surface area (Å²) in [5.74, 6) is -1.08. The Bertz CT molecular complexity index is 1480. The zero-order chi connectivity index (χ0) is 35.9. The number of hydrogen-bond acceptors (Lipinski definition) is 12. The Kier molecular flexibility index (Phi) is 9.32. The van der Waals surface area contributed by atoms with E-state index < -0.39 is 88.8 Å². The molecule has 0 spiro atoms. The van der Waals surface area contributed by atoms with Gasteiger partial charge in [0.15, 0.2) is 11.5 Å². The van der Waals surface area contributed by atoms with Crippen LogP contribution < -0.4 is 9.47 Å². The summed E-state index contributed by atoms with van der Waals surface area (Å²) in [6, 6.07) is 1.66. The number of allylic oxidation sites excluding steroid dienone is 1. The summed E-state index contributed by atoms with van der Waals surface area (Å²) in [7, 11) is 1.45. The highest BCUT2D eigenvalue weighted by Crippen LogP contribution is 2.71. The number of aliphatic hydroxyl groups excluding tert-OH is 6. The minimum Gasteiger partial charge on any atom is -0.493 e. The lowest BCUT2D eigenvalue weighted by Gasteiger charge is -2.60. The van der Waals surface area contributed by atoms with Crippen LogP contribution in [-0.4, -0.2) is 114 Å². The number of ether oxygens (including phenoxy) is 3. The molecular formula is C36H52O12. The second kappa shape index (κ2) is 12.1. The van der Waals surface area contributed by atoms with Crippen LogP contribution in [0, 0.1) is 29.6 Å². The predicted molar refractivity (Wildman–Crippen MR) is 174 cm³/mol. The van der Waals surface area contributed by atoms with E-state index in [2.05, 4.69) is 0 Å². The van der Waals surface area contributed by atoms with E-state index in [1.54, 1.807) is 26.8 Å². The first-order valence-electron chi connectivity index (χ1n) is 16.5. The molecule has 268 valence electrons. The zero-order valence-corrected chi connectivity index (χ0v) is 28.9. The van der Waals surface area contributed by atoms with E-state index >= 15 is 0 Å². The molecule has 1 aromatic rings. The van der Waals surface area contributed by atoms with Crippen LogP contribution in [0.2, 0.25) is 0 Å². The fourth-order valence-electron chi connectivity index (χ4n) is 9.40. The van der Waals surface area contributed by atoms with Crippen molar-refractivity contribution < 1.29 is 59.9 Å². The summed E-state index contributed by atoms with van der Waals surface area (Å²) in [5.41, 5.74) is -3.93. The highest BCUT2D eigenvalue weighted by molar-refractivity contribution is 5.95. The van der Waals surface area contributed by atoms with Gasteiger partial charge in [0.25, 0.3) is 0 Å². The fraction of sp³-hybridized carbons (Fsp3) is 0.694. The van der Waals surface area contributed by atoms with Crippen LogP contribution in [0.3, 0.4) is 0 Å². The number of benzene rings is 1. The highest BCUT2D eigenvalue weighted by Gasteiger charge is 2.72. The van der Waals surface area contributed by atoms with Gasteiger partial charge in [-0.3, -0.25) is 4.79 Å². The third-order valence-corrected chi connectivity index (χ3v) is 12.2. The Labute approximate surface area is 281 Å². The van der Waals surface area contributed by atoms with Crippen molar-refractivity contribution in [3.63, 3.8) is 0 Å². The van der Waals surface area contributed by atoms with Crippen molar-refractivity contribution in [2.45, 2.75) is 121 Å². The van der Waals surface area contributed by atoms with Crippen molar-refractivity contribution in [2.24, 2.45) is 22.7 Å². The van der Waals surface area contributed by atoms with Crippen LogP contribution in [0.5, 0.6) is 11.5 Å². The molecule has 0 amide bonds.